The minimum atomic E-state index is -1.20. The number of hydrogen-bond donors (Lipinski definition) is 3. The molecule has 2 aliphatic heterocycles. The largest absolute Gasteiger partial charge is 0.398 e. The summed E-state index contributed by atoms with van der Waals surface area (Å²) >= 11 is 3.36. The lowest BCUT2D eigenvalue weighted by atomic mass is 10.1. The van der Waals surface area contributed by atoms with Gasteiger partial charge >= 0.3 is 0 Å². The van der Waals surface area contributed by atoms with Crippen molar-refractivity contribution >= 4 is 29.1 Å². The van der Waals surface area contributed by atoms with Crippen LogP contribution in [0.2, 0.25) is 0 Å². The van der Waals surface area contributed by atoms with E-state index < -0.39 is 31.4 Å². The van der Waals surface area contributed by atoms with Gasteiger partial charge in [-0.25, -0.2) is 0 Å². The molecule has 124 valence electrons. The molecule has 4 N–H and O–H groups in total. The fraction of sp³-hybridized carbons (Fsp3) is 0.533. The number of rotatable bonds is 4. The van der Waals surface area contributed by atoms with E-state index in [1.54, 1.807) is 17.2 Å². The maximum absolute atomic E-state index is 10.3. The van der Waals surface area contributed by atoms with Crippen molar-refractivity contribution in [2.45, 2.75) is 31.0 Å². The van der Waals surface area contributed by atoms with Crippen LogP contribution in [-0.2, 0) is 4.74 Å². The third-order valence-electron chi connectivity index (χ3n) is 3.81. The lowest BCUT2D eigenvalue weighted by Crippen LogP contribution is -2.41. The SMILES string of the molecule is C=C1C=C(N)C(Br)=CN1C1O[C@H](CCP(=C)(C)C)[C@@H](O)[C@H]1O. The summed E-state index contributed by atoms with van der Waals surface area (Å²) in [7, 11) is 0. The molecule has 4 atom stereocenters. The Labute approximate surface area is 140 Å². The van der Waals surface area contributed by atoms with Gasteiger partial charge < -0.3 is 25.6 Å². The number of aliphatic hydroxyl groups is 2. The number of hydrogen-bond acceptors (Lipinski definition) is 5. The van der Waals surface area contributed by atoms with Crippen LogP contribution >= 0.6 is 22.8 Å². The normalized spacial score (nSPS) is 33.0. The van der Waals surface area contributed by atoms with Crippen LogP contribution in [0.25, 0.3) is 0 Å². The van der Waals surface area contributed by atoms with Gasteiger partial charge in [0.15, 0.2) is 6.23 Å². The Balaban J connectivity index is 2.10. The highest BCUT2D eigenvalue weighted by Crippen LogP contribution is 2.39. The summed E-state index contributed by atoms with van der Waals surface area (Å²) in [6.45, 7) is 7.01. The summed E-state index contributed by atoms with van der Waals surface area (Å²) in [4.78, 5) is 1.69. The molecule has 2 heterocycles. The highest BCUT2D eigenvalue weighted by atomic mass is 79.9. The fourth-order valence-corrected chi connectivity index (χ4v) is 3.80. The van der Waals surface area contributed by atoms with Crippen molar-refractivity contribution in [2.75, 3.05) is 19.5 Å². The summed E-state index contributed by atoms with van der Waals surface area (Å²) in [6.07, 6.45) is 6.18. The average Bonchev–Trinajstić information content (AvgIpc) is 2.68. The van der Waals surface area contributed by atoms with Gasteiger partial charge in [0.25, 0.3) is 0 Å². The predicted octanol–water partition coefficient (Wildman–Crippen LogP) is 1.44. The first-order valence-corrected chi connectivity index (χ1v) is 11.0. The molecular formula is C15H24BrN2O3P. The van der Waals surface area contributed by atoms with Gasteiger partial charge in [-0.05, 0) is 47.9 Å². The number of halogens is 1. The molecule has 0 amide bonds. The van der Waals surface area contributed by atoms with Crippen molar-refractivity contribution in [3.63, 3.8) is 0 Å². The van der Waals surface area contributed by atoms with Gasteiger partial charge in [-0.1, -0.05) is 6.58 Å². The van der Waals surface area contributed by atoms with Crippen LogP contribution in [-0.4, -0.2) is 65.4 Å². The number of nitrogens with two attached hydrogens (primary N) is 1. The molecule has 2 aliphatic rings. The minimum Gasteiger partial charge on any atom is -0.398 e. The first-order chi connectivity index (χ1) is 10.1. The first-order valence-electron chi connectivity index (χ1n) is 7.11. The molecule has 0 aromatic rings. The van der Waals surface area contributed by atoms with Crippen molar-refractivity contribution in [1.82, 2.24) is 4.90 Å². The number of aliphatic hydroxyl groups excluding tert-OH is 2. The Bertz CT molecular complexity index is 569. The molecule has 7 heteroatoms. The number of nitrogens with zero attached hydrogens (tertiary/aromatic N) is 1. The van der Waals surface area contributed by atoms with Crippen molar-refractivity contribution < 1.29 is 14.9 Å². The average molecular weight is 391 g/mol. The van der Waals surface area contributed by atoms with E-state index in [2.05, 4.69) is 42.1 Å². The van der Waals surface area contributed by atoms with Crippen LogP contribution < -0.4 is 5.73 Å². The summed E-state index contributed by atoms with van der Waals surface area (Å²) in [5.74, 6) is 0. The second-order valence-corrected chi connectivity index (χ2v) is 11.6. The van der Waals surface area contributed by atoms with Crippen molar-refractivity contribution in [1.29, 1.82) is 0 Å². The van der Waals surface area contributed by atoms with E-state index in [4.69, 9.17) is 10.5 Å². The molecule has 22 heavy (non-hydrogen) atoms. The van der Waals surface area contributed by atoms with Gasteiger partial charge in [-0.2, -0.15) is 0 Å². The Morgan fingerprint density at radius 3 is 2.64 bits per heavy atom. The maximum Gasteiger partial charge on any atom is 0.163 e. The van der Waals surface area contributed by atoms with E-state index in [-0.39, 0.29) is 0 Å². The van der Waals surface area contributed by atoms with E-state index in [9.17, 15) is 10.2 Å². The van der Waals surface area contributed by atoms with Crippen LogP contribution in [0.5, 0.6) is 0 Å². The Morgan fingerprint density at radius 2 is 2.05 bits per heavy atom. The van der Waals surface area contributed by atoms with Crippen molar-refractivity contribution in [3.05, 3.63) is 34.7 Å². The van der Waals surface area contributed by atoms with E-state index in [1.165, 1.54) is 0 Å². The van der Waals surface area contributed by atoms with E-state index in [0.29, 0.717) is 22.3 Å². The maximum atomic E-state index is 10.3. The predicted molar refractivity (Wildman–Crippen MR) is 96.3 cm³/mol. The highest BCUT2D eigenvalue weighted by molar-refractivity contribution is 9.12. The molecule has 2 rings (SSSR count). The molecule has 0 radical (unpaired) electrons. The van der Waals surface area contributed by atoms with E-state index in [1.807, 2.05) is 0 Å². The summed E-state index contributed by atoms with van der Waals surface area (Å²) in [5.41, 5.74) is 6.99. The van der Waals surface area contributed by atoms with Gasteiger partial charge in [0, 0.05) is 17.6 Å². The van der Waals surface area contributed by atoms with Crippen LogP contribution in [0.4, 0.5) is 0 Å². The fourth-order valence-electron chi connectivity index (χ4n) is 2.51. The molecule has 0 bridgehead atoms. The topological polar surface area (TPSA) is 79.0 Å². The summed E-state index contributed by atoms with van der Waals surface area (Å²) < 4.78 is 6.59. The van der Waals surface area contributed by atoms with E-state index >= 15 is 0 Å². The van der Waals surface area contributed by atoms with Gasteiger partial charge in [0.2, 0.25) is 0 Å². The van der Waals surface area contributed by atoms with Crippen molar-refractivity contribution in [3.8, 4) is 0 Å². The van der Waals surface area contributed by atoms with E-state index in [0.717, 1.165) is 6.16 Å². The molecule has 5 nitrogen and oxygen atoms in total. The van der Waals surface area contributed by atoms with Gasteiger partial charge in [0.1, 0.15) is 12.2 Å². The highest BCUT2D eigenvalue weighted by Gasteiger charge is 2.45. The molecule has 1 unspecified atom stereocenters. The van der Waals surface area contributed by atoms with Crippen LogP contribution in [0.1, 0.15) is 6.42 Å². The monoisotopic (exact) mass is 390 g/mol. The molecular weight excluding hydrogens is 367 g/mol. The lowest BCUT2D eigenvalue weighted by molar-refractivity contribution is -0.0562. The quantitative estimate of drug-likeness (QED) is 0.633. The molecule has 0 aliphatic carbocycles. The zero-order valence-electron chi connectivity index (χ0n) is 12.9. The minimum absolute atomic E-state index is 0.399. The Kier molecular flexibility index (Phi) is 5.30. The molecule has 0 spiro atoms. The molecule has 0 aromatic heterocycles. The molecule has 1 fully saturated rings. The van der Waals surface area contributed by atoms with Crippen LogP contribution in [0.15, 0.2) is 34.7 Å². The third kappa shape index (κ3) is 3.87. The van der Waals surface area contributed by atoms with Gasteiger partial charge in [-0.3, -0.25) is 0 Å². The standard InChI is InChI=1S/C15H24BrN2O3P/c1-9-7-11(17)10(16)8-18(9)15-14(20)13(19)12(21-15)5-6-22(2,3)4/h7-8,12-15,19-20H,1-2,5-6,17H2,3-4H3/t12-,13-,14-,15?/m1/s1. The smallest absolute Gasteiger partial charge is 0.163 e. The first kappa shape index (κ1) is 17.8. The molecule has 0 saturated carbocycles. The molecule has 1 saturated heterocycles. The zero-order chi connectivity index (χ0) is 16.7. The Hall–Kier alpha value is -0.520. The zero-order valence-corrected chi connectivity index (χ0v) is 15.4. The molecule has 0 aromatic carbocycles. The second-order valence-electron chi connectivity index (χ2n) is 6.47. The van der Waals surface area contributed by atoms with Crippen LogP contribution in [0, 0.1) is 0 Å². The second kappa shape index (κ2) is 6.54. The summed E-state index contributed by atoms with van der Waals surface area (Å²) in [5, 5.41) is 20.6. The number of ether oxygens (including phenoxy) is 1. The van der Waals surface area contributed by atoms with Crippen LogP contribution in [0.3, 0.4) is 0 Å². The van der Waals surface area contributed by atoms with Crippen molar-refractivity contribution in [2.24, 2.45) is 5.73 Å². The number of allylic oxidation sites excluding steroid dienone is 2. The lowest BCUT2D eigenvalue weighted by Gasteiger charge is -2.32. The van der Waals surface area contributed by atoms with Gasteiger partial charge in [0.05, 0.1) is 10.6 Å². The van der Waals surface area contributed by atoms with Gasteiger partial charge in [-0.15, -0.1) is 13.2 Å². The summed E-state index contributed by atoms with van der Waals surface area (Å²) in [6, 6.07) is 0. The third-order valence-corrected chi connectivity index (χ3v) is 5.94. The Morgan fingerprint density at radius 1 is 1.41 bits per heavy atom.